The quantitative estimate of drug-likeness (QED) is 0.386. The maximum atomic E-state index is 12.5. The Hall–Kier alpha value is -3.25. The normalized spacial score (nSPS) is 21.4. The van der Waals surface area contributed by atoms with Crippen LogP contribution in [0, 0.1) is 5.92 Å². The van der Waals surface area contributed by atoms with E-state index in [1.54, 1.807) is 20.3 Å². The van der Waals surface area contributed by atoms with E-state index in [1.807, 2.05) is 24.3 Å². The number of rotatable bonds is 8. The second kappa shape index (κ2) is 11.9. The van der Waals surface area contributed by atoms with Gasteiger partial charge < -0.3 is 24.7 Å². The van der Waals surface area contributed by atoms with Gasteiger partial charge in [-0.1, -0.05) is 24.3 Å². The molecule has 196 valence electrons. The third-order valence-corrected chi connectivity index (χ3v) is 8.19. The number of aromatic amines is 1. The molecule has 37 heavy (non-hydrogen) atoms. The summed E-state index contributed by atoms with van der Waals surface area (Å²) in [5.41, 5.74) is 3.65. The lowest BCUT2D eigenvalue weighted by atomic mass is 9.84. The molecule has 5 rings (SSSR count). The monoisotopic (exact) mass is 501 g/mol. The molecule has 2 fully saturated rings. The summed E-state index contributed by atoms with van der Waals surface area (Å²) in [6.45, 7) is 3.56. The Labute approximate surface area is 220 Å². The summed E-state index contributed by atoms with van der Waals surface area (Å²) in [5.74, 6) is 2.70. The number of piperidine rings is 1. The molecular formula is C31H39N3O3. The molecule has 0 radical (unpaired) electrons. The number of benzene rings is 2. The molecule has 0 atom stereocenters. The Balaban J connectivity index is 1.04. The van der Waals surface area contributed by atoms with Crippen LogP contribution in [0.15, 0.2) is 54.7 Å². The standard InChI is InChI=1S/C31H39N3O3/c1-36-29-13-9-22(19-30(29)37-2)10-14-31(35)33-25-11-7-23(8-12-25)21-34-17-15-24(16-18-34)27-20-32-28-6-4-3-5-26(27)28/h3-6,9-10,13-14,19-20,23-25,32H,7-8,11-12,15-18,21H2,1-2H3,(H,33,35)/b14-10+. The van der Waals surface area contributed by atoms with Crippen LogP contribution in [0.3, 0.4) is 0 Å². The van der Waals surface area contributed by atoms with Crippen LogP contribution in [0.2, 0.25) is 0 Å². The topological polar surface area (TPSA) is 66.6 Å². The molecule has 6 nitrogen and oxygen atoms in total. The number of para-hydroxylation sites is 1. The highest BCUT2D eigenvalue weighted by Gasteiger charge is 2.27. The predicted octanol–water partition coefficient (Wildman–Crippen LogP) is 5.75. The molecule has 2 aliphatic rings. The lowest BCUT2D eigenvalue weighted by Gasteiger charge is -2.36. The number of carbonyl (C=O) groups is 1. The van der Waals surface area contributed by atoms with Crippen molar-refractivity contribution in [3.05, 3.63) is 65.9 Å². The van der Waals surface area contributed by atoms with Crippen LogP contribution in [0.4, 0.5) is 0 Å². The number of carbonyl (C=O) groups excluding carboxylic acids is 1. The van der Waals surface area contributed by atoms with Crippen LogP contribution in [0.1, 0.15) is 55.6 Å². The molecule has 0 bridgehead atoms. The van der Waals surface area contributed by atoms with E-state index < -0.39 is 0 Å². The summed E-state index contributed by atoms with van der Waals surface area (Å²) in [6.07, 6.45) is 12.6. The second-order valence-electron chi connectivity index (χ2n) is 10.5. The number of amides is 1. The van der Waals surface area contributed by atoms with E-state index in [1.165, 1.54) is 61.8 Å². The fourth-order valence-electron chi connectivity index (χ4n) is 6.09. The van der Waals surface area contributed by atoms with Gasteiger partial charge in [0.2, 0.25) is 5.91 Å². The predicted molar refractivity (Wildman–Crippen MR) is 149 cm³/mol. The number of hydrogen-bond acceptors (Lipinski definition) is 4. The zero-order valence-corrected chi connectivity index (χ0v) is 22.0. The Morgan fingerprint density at radius 2 is 1.76 bits per heavy atom. The summed E-state index contributed by atoms with van der Waals surface area (Å²) < 4.78 is 10.6. The van der Waals surface area contributed by atoms with Crippen LogP contribution in [-0.2, 0) is 4.79 Å². The average Bonchev–Trinajstić information content (AvgIpc) is 3.37. The van der Waals surface area contributed by atoms with Crippen LogP contribution >= 0.6 is 0 Å². The van der Waals surface area contributed by atoms with Gasteiger partial charge in [0, 0.05) is 35.8 Å². The Bertz CT molecular complexity index is 1220. The largest absolute Gasteiger partial charge is 0.493 e. The number of nitrogens with one attached hydrogen (secondary N) is 2. The molecule has 1 aliphatic heterocycles. The van der Waals surface area contributed by atoms with Crippen molar-refractivity contribution in [1.82, 2.24) is 15.2 Å². The summed E-state index contributed by atoms with van der Waals surface area (Å²) in [5, 5.41) is 4.59. The number of aromatic nitrogens is 1. The van der Waals surface area contributed by atoms with E-state index >= 15 is 0 Å². The zero-order chi connectivity index (χ0) is 25.6. The van der Waals surface area contributed by atoms with Crippen LogP contribution < -0.4 is 14.8 Å². The highest BCUT2D eigenvalue weighted by molar-refractivity contribution is 5.92. The smallest absolute Gasteiger partial charge is 0.244 e. The number of ether oxygens (including phenoxy) is 2. The van der Waals surface area contributed by atoms with Gasteiger partial charge in [-0.15, -0.1) is 0 Å². The third kappa shape index (κ3) is 6.19. The Kier molecular flexibility index (Phi) is 8.15. The lowest BCUT2D eigenvalue weighted by molar-refractivity contribution is -0.117. The fraction of sp³-hybridized carbons (Fsp3) is 0.452. The number of nitrogens with zero attached hydrogens (tertiary/aromatic N) is 1. The molecule has 2 heterocycles. The first-order valence-electron chi connectivity index (χ1n) is 13.6. The van der Waals surface area contributed by atoms with Crippen LogP contribution in [-0.4, -0.2) is 55.7 Å². The first-order chi connectivity index (χ1) is 18.1. The van der Waals surface area contributed by atoms with E-state index in [0.29, 0.717) is 17.4 Å². The van der Waals surface area contributed by atoms with E-state index in [4.69, 9.17) is 9.47 Å². The van der Waals surface area contributed by atoms with Gasteiger partial charge in [0.15, 0.2) is 11.5 Å². The molecule has 6 heteroatoms. The maximum Gasteiger partial charge on any atom is 0.244 e. The number of hydrogen-bond donors (Lipinski definition) is 2. The molecule has 3 aromatic rings. The molecular weight excluding hydrogens is 462 g/mol. The molecule has 1 saturated carbocycles. The fourth-order valence-corrected chi connectivity index (χ4v) is 6.09. The minimum absolute atomic E-state index is 0.0300. The summed E-state index contributed by atoms with van der Waals surface area (Å²) in [7, 11) is 3.23. The van der Waals surface area contributed by atoms with Gasteiger partial charge >= 0.3 is 0 Å². The minimum atomic E-state index is -0.0300. The van der Waals surface area contributed by atoms with E-state index in [-0.39, 0.29) is 11.9 Å². The van der Waals surface area contributed by atoms with Gasteiger partial charge in [-0.25, -0.2) is 0 Å². The Morgan fingerprint density at radius 3 is 2.51 bits per heavy atom. The molecule has 0 spiro atoms. The second-order valence-corrected chi connectivity index (χ2v) is 10.5. The van der Waals surface area contributed by atoms with E-state index in [9.17, 15) is 4.79 Å². The van der Waals surface area contributed by atoms with Crippen molar-refractivity contribution in [1.29, 1.82) is 0 Å². The zero-order valence-electron chi connectivity index (χ0n) is 22.0. The summed E-state index contributed by atoms with van der Waals surface area (Å²) in [4.78, 5) is 18.6. The molecule has 1 aliphatic carbocycles. The van der Waals surface area contributed by atoms with Gasteiger partial charge in [0.25, 0.3) is 0 Å². The van der Waals surface area contributed by atoms with Crippen molar-refractivity contribution in [2.45, 2.75) is 50.5 Å². The van der Waals surface area contributed by atoms with Crippen LogP contribution in [0.5, 0.6) is 11.5 Å². The number of H-pyrrole nitrogens is 1. The van der Waals surface area contributed by atoms with Crippen molar-refractivity contribution >= 4 is 22.9 Å². The highest BCUT2D eigenvalue weighted by Crippen LogP contribution is 2.34. The van der Waals surface area contributed by atoms with Crippen molar-refractivity contribution < 1.29 is 14.3 Å². The molecule has 0 unspecified atom stereocenters. The van der Waals surface area contributed by atoms with E-state index in [2.05, 4.69) is 45.7 Å². The Morgan fingerprint density at radius 1 is 1.00 bits per heavy atom. The van der Waals surface area contributed by atoms with Gasteiger partial charge in [-0.2, -0.15) is 0 Å². The summed E-state index contributed by atoms with van der Waals surface area (Å²) in [6, 6.07) is 14.6. The number of methoxy groups -OCH3 is 2. The average molecular weight is 502 g/mol. The SMILES string of the molecule is COc1ccc(/C=C/C(=O)NC2CCC(CN3CCC(c4c[nH]c5ccccc45)CC3)CC2)cc1OC. The number of likely N-dealkylation sites (tertiary alicyclic amines) is 1. The van der Waals surface area contributed by atoms with Gasteiger partial charge in [0.1, 0.15) is 0 Å². The van der Waals surface area contributed by atoms with Crippen molar-refractivity contribution in [3.8, 4) is 11.5 Å². The van der Waals surface area contributed by atoms with Gasteiger partial charge in [-0.05, 0) is 98.9 Å². The van der Waals surface area contributed by atoms with Crippen LogP contribution in [0.25, 0.3) is 17.0 Å². The maximum absolute atomic E-state index is 12.5. The molecule has 1 saturated heterocycles. The first-order valence-corrected chi connectivity index (χ1v) is 13.6. The molecule has 2 aromatic carbocycles. The first kappa shape index (κ1) is 25.4. The van der Waals surface area contributed by atoms with Crippen molar-refractivity contribution in [2.75, 3.05) is 33.9 Å². The molecule has 1 aromatic heterocycles. The van der Waals surface area contributed by atoms with Gasteiger partial charge in [0.05, 0.1) is 14.2 Å². The minimum Gasteiger partial charge on any atom is -0.493 e. The highest BCUT2D eigenvalue weighted by atomic mass is 16.5. The molecule has 2 N–H and O–H groups in total. The van der Waals surface area contributed by atoms with Crippen molar-refractivity contribution in [3.63, 3.8) is 0 Å². The van der Waals surface area contributed by atoms with E-state index in [0.717, 1.165) is 24.3 Å². The molecule has 1 amide bonds. The number of fused-ring (bicyclic) bond motifs is 1. The van der Waals surface area contributed by atoms with Crippen molar-refractivity contribution in [2.24, 2.45) is 5.92 Å². The third-order valence-electron chi connectivity index (χ3n) is 8.19. The van der Waals surface area contributed by atoms with Gasteiger partial charge in [-0.3, -0.25) is 4.79 Å². The summed E-state index contributed by atoms with van der Waals surface area (Å²) >= 11 is 0. The lowest BCUT2D eigenvalue weighted by Crippen LogP contribution is -2.41.